The third-order valence-electron chi connectivity index (χ3n) is 6.27. The van der Waals surface area contributed by atoms with Crippen LogP contribution in [-0.2, 0) is 29.5 Å². The van der Waals surface area contributed by atoms with E-state index in [1.165, 1.54) is 49.7 Å². The second kappa shape index (κ2) is 8.04. The molecule has 4 rings (SSSR count). The van der Waals surface area contributed by atoms with Crippen molar-refractivity contribution in [3.8, 4) is 0 Å². The van der Waals surface area contributed by atoms with Gasteiger partial charge in [-0.2, -0.15) is 0 Å². The van der Waals surface area contributed by atoms with Crippen molar-refractivity contribution in [3.05, 3.63) is 82.9 Å². The van der Waals surface area contributed by atoms with Crippen LogP contribution in [-0.4, -0.2) is 0 Å². The topological polar surface area (TPSA) is 0 Å². The summed E-state index contributed by atoms with van der Waals surface area (Å²) < 4.78 is 0.678. The molecule has 0 saturated heterocycles. The second-order valence-electron chi connectivity index (χ2n) is 8.12. The molecule has 0 nitrogen and oxygen atoms in total. The van der Waals surface area contributed by atoms with E-state index >= 15 is 0 Å². The summed E-state index contributed by atoms with van der Waals surface area (Å²) >= 11 is -0.857. The van der Waals surface area contributed by atoms with Crippen molar-refractivity contribution in [2.24, 2.45) is 0 Å². The molecule has 0 spiro atoms. The average Bonchev–Trinajstić information content (AvgIpc) is 3.25. The molecule has 0 amide bonds. The fraction of sp³-hybridized carbons (Fsp3) is 0.385. The minimum atomic E-state index is -0.857. The summed E-state index contributed by atoms with van der Waals surface area (Å²) in [4.78, 5) is 0. The van der Waals surface area contributed by atoms with E-state index in [4.69, 9.17) is 0 Å². The molecule has 0 bridgehead atoms. The Bertz CT molecular complexity index is 791. The fourth-order valence-electron chi connectivity index (χ4n) is 4.83. The van der Waals surface area contributed by atoms with E-state index in [2.05, 4.69) is 86.7 Å². The molecule has 0 N–H and O–H groups in total. The second-order valence-corrected chi connectivity index (χ2v) is 13.1. The van der Waals surface area contributed by atoms with Gasteiger partial charge in [0.15, 0.2) is 0 Å². The van der Waals surface area contributed by atoms with Gasteiger partial charge in [0, 0.05) is 0 Å². The van der Waals surface area contributed by atoms with Gasteiger partial charge in [-0.15, -0.1) is 0 Å². The zero-order chi connectivity index (χ0) is 18.7. The molecule has 2 aliphatic carbocycles. The number of benzene rings is 2. The maximum absolute atomic E-state index is 2.61. The molecule has 2 aromatic rings. The van der Waals surface area contributed by atoms with Gasteiger partial charge >= 0.3 is 177 Å². The SMILES string of the molecule is CCCC[C]1([Zr][C]2(CCCC)C=Cc3ccccc32)C=Cc2ccccc21. The third kappa shape index (κ3) is 3.49. The van der Waals surface area contributed by atoms with Crippen molar-refractivity contribution in [2.75, 3.05) is 0 Å². The van der Waals surface area contributed by atoms with E-state index in [1.807, 2.05) is 0 Å². The number of fused-ring (bicyclic) bond motifs is 2. The van der Waals surface area contributed by atoms with Crippen molar-refractivity contribution >= 4 is 12.2 Å². The quantitative estimate of drug-likeness (QED) is 0.410. The van der Waals surface area contributed by atoms with Gasteiger partial charge in [0.2, 0.25) is 0 Å². The van der Waals surface area contributed by atoms with Gasteiger partial charge in [0.05, 0.1) is 0 Å². The Morgan fingerprint density at radius 1 is 0.667 bits per heavy atom. The first-order valence-corrected chi connectivity index (χ1v) is 13.1. The normalized spacial score (nSPS) is 24.8. The number of unbranched alkanes of at least 4 members (excludes halogenated alkanes) is 2. The summed E-state index contributed by atoms with van der Waals surface area (Å²) in [5, 5.41) is 0. The van der Waals surface area contributed by atoms with E-state index in [0.29, 0.717) is 6.25 Å². The Morgan fingerprint density at radius 2 is 1.11 bits per heavy atom. The molecule has 0 fully saturated rings. The average molecular weight is 434 g/mol. The first-order valence-electron chi connectivity index (χ1n) is 10.6. The zero-order valence-corrected chi connectivity index (χ0v) is 19.1. The Balaban J connectivity index is 1.78. The Hall–Kier alpha value is -1.20. The Kier molecular flexibility index (Phi) is 5.70. The van der Waals surface area contributed by atoms with Gasteiger partial charge in [0.25, 0.3) is 0 Å². The molecule has 1 heteroatoms. The summed E-state index contributed by atoms with van der Waals surface area (Å²) in [7, 11) is 0. The van der Waals surface area contributed by atoms with Gasteiger partial charge in [-0.25, -0.2) is 0 Å². The zero-order valence-electron chi connectivity index (χ0n) is 16.7. The first-order chi connectivity index (χ1) is 13.2. The molecule has 0 radical (unpaired) electrons. The predicted octanol–water partition coefficient (Wildman–Crippen LogP) is 7.29. The van der Waals surface area contributed by atoms with Gasteiger partial charge in [-0.05, 0) is 0 Å². The molecule has 0 heterocycles. The van der Waals surface area contributed by atoms with Crippen LogP contribution < -0.4 is 0 Å². The maximum atomic E-state index is 2.61. The molecule has 138 valence electrons. The summed E-state index contributed by atoms with van der Waals surface area (Å²) in [6.45, 7) is 4.67. The van der Waals surface area contributed by atoms with E-state index in [9.17, 15) is 0 Å². The van der Waals surface area contributed by atoms with Crippen LogP contribution >= 0.6 is 0 Å². The van der Waals surface area contributed by atoms with Crippen molar-refractivity contribution in [3.63, 3.8) is 0 Å². The van der Waals surface area contributed by atoms with Crippen LogP contribution in [0, 0.1) is 0 Å². The standard InChI is InChI=1S/2C13H15.Zr/c2*1-2-3-6-11-9-10-12-7-4-5-8-13(11)12;/h2*4-5,7-10H,2-3,6H2,1H3;. The molecular formula is C26H30Zr. The third-order valence-corrected chi connectivity index (χ3v) is 11.8. The molecule has 27 heavy (non-hydrogen) atoms. The molecule has 2 aliphatic rings. The monoisotopic (exact) mass is 432 g/mol. The molecule has 0 aliphatic heterocycles. The number of hydrogen-bond donors (Lipinski definition) is 0. The van der Waals surface area contributed by atoms with Gasteiger partial charge in [0.1, 0.15) is 0 Å². The number of allylic oxidation sites excluding steroid dienone is 2. The number of hydrogen-bond acceptors (Lipinski definition) is 0. The molecule has 2 atom stereocenters. The molecule has 2 unspecified atom stereocenters. The number of rotatable bonds is 8. The summed E-state index contributed by atoms with van der Waals surface area (Å²) in [5.41, 5.74) is 6.18. The molecule has 0 aromatic heterocycles. The van der Waals surface area contributed by atoms with E-state index < -0.39 is 23.2 Å². The van der Waals surface area contributed by atoms with Crippen molar-refractivity contribution in [1.29, 1.82) is 0 Å². The summed E-state index contributed by atoms with van der Waals surface area (Å²) in [6.07, 6.45) is 17.9. The van der Waals surface area contributed by atoms with Crippen LogP contribution in [0.25, 0.3) is 12.2 Å². The van der Waals surface area contributed by atoms with Crippen molar-refractivity contribution in [1.82, 2.24) is 0 Å². The van der Waals surface area contributed by atoms with E-state index in [-0.39, 0.29) is 0 Å². The van der Waals surface area contributed by atoms with Crippen LogP contribution in [0.2, 0.25) is 0 Å². The van der Waals surface area contributed by atoms with Gasteiger partial charge in [-0.1, -0.05) is 0 Å². The molecular weight excluding hydrogens is 404 g/mol. The van der Waals surface area contributed by atoms with Crippen LogP contribution in [0.4, 0.5) is 0 Å². The first kappa shape index (κ1) is 19.1. The van der Waals surface area contributed by atoms with Gasteiger partial charge < -0.3 is 0 Å². The Morgan fingerprint density at radius 3 is 1.56 bits per heavy atom. The van der Waals surface area contributed by atoms with Crippen molar-refractivity contribution < 1.29 is 23.2 Å². The van der Waals surface area contributed by atoms with Crippen LogP contribution in [0.15, 0.2) is 60.7 Å². The minimum absolute atomic E-state index is 0.339. The van der Waals surface area contributed by atoms with Crippen LogP contribution in [0.3, 0.4) is 0 Å². The molecule has 0 saturated carbocycles. The molecule has 2 aromatic carbocycles. The van der Waals surface area contributed by atoms with Crippen molar-refractivity contribution in [2.45, 2.75) is 58.6 Å². The van der Waals surface area contributed by atoms with E-state index in [0.717, 1.165) is 0 Å². The van der Waals surface area contributed by atoms with E-state index in [1.54, 1.807) is 11.1 Å². The summed E-state index contributed by atoms with van der Waals surface area (Å²) in [6, 6.07) is 18.4. The predicted molar refractivity (Wildman–Crippen MR) is 113 cm³/mol. The van der Waals surface area contributed by atoms with Crippen LogP contribution in [0.1, 0.15) is 74.6 Å². The summed E-state index contributed by atoms with van der Waals surface area (Å²) in [5.74, 6) is 0. The van der Waals surface area contributed by atoms with Crippen LogP contribution in [0.5, 0.6) is 0 Å². The Labute approximate surface area is 176 Å². The fourth-order valence-corrected chi connectivity index (χ4v) is 10.9. The van der Waals surface area contributed by atoms with Gasteiger partial charge in [-0.3, -0.25) is 0 Å².